The first-order valence-corrected chi connectivity index (χ1v) is 12.6. The molecule has 192 valence electrons. The molecular formula is C25H20BrF3N4O3S. The van der Waals surface area contributed by atoms with Crippen LogP contribution in [0, 0.1) is 13.8 Å². The van der Waals surface area contributed by atoms with E-state index in [0.717, 1.165) is 45.2 Å². The number of aromatic hydroxyl groups is 1. The summed E-state index contributed by atoms with van der Waals surface area (Å²) in [5, 5.41) is 22.1. The minimum atomic E-state index is -4.79. The molecule has 0 bridgehead atoms. The number of rotatable bonds is 7. The lowest BCUT2D eigenvalue weighted by Crippen LogP contribution is -2.17. The zero-order valence-corrected chi connectivity index (χ0v) is 21.9. The summed E-state index contributed by atoms with van der Waals surface area (Å²) in [6.45, 7) is 3.92. The molecule has 0 atom stereocenters. The number of ether oxygens (including phenoxy) is 1. The van der Waals surface area contributed by atoms with Gasteiger partial charge in [0.2, 0.25) is 5.91 Å². The Morgan fingerprint density at radius 3 is 2.49 bits per heavy atom. The molecule has 0 aliphatic heterocycles. The number of thioether (sulfide) groups is 1. The zero-order chi connectivity index (χ0) is 26.7. The second-order valence-corrected chi connectivity index (χ2v) is 9.86. The smallest absolute Gasteiger partial charge is 0.507 e. The fraction of sp³-hybridized carbons (Fsp3) is 0.160. The molecular weight excluding hydrogens is 573 g/mol. The number of nitrogens with zero attached hydrogens (tertiary/aromatic N) is 3. The molecule has 0 aliphatic rings. The fourth-order valence-corrected chi connectivity index (χ4v) is 4.67. The number of carbonyl (C=O) groups is 1. The molecule has 1 aromatic heterocycles. The number of phenolic OH excluding ortho intramolecular Hbond substituents is 1. The lowest BCUT2D eigenvalue weighted by Gasteiger charge is -2.14. The lowest BCUT2D eigenvalue weighted by atomic mass is 10.1. The van der Waals surface area contributed by atoms with Crippen LogP contribution in [-0.4, -0.2) is 37.9 Å². The molecule has 3 aromatic carbocycles. The molecule has 0 fully saturated rings. The molecule has 0 unspecified atom stereocenters. The number of alkyl halides is 3. The normalized spacial score (nSPS) is 11.4. The van der Waals surface area contributed by atoms with Crippen molar-refractivity contribution in [3.8, 4) is 28.6 Å². The topological polar surface area (TPSA) is 89.3 Å². The highest BCUT2D eigenvalue weighted by molar-refractivity contribution is 9.10. The molecule has 7 nitrogen and oxygen atoms in total. The molecule has 12 heteroatoms. The van der Waals surface area contributed by atoms with Crippen molar-refractivity contribution in [3.63, 3.8) is 0 Å². The van der Waals surface area contributed by atoms with E-state index in [2.05, 4.69) is 36.2 Å². The largest absolute Gasteiger partial charge is 0.573 e. The van der Waals surface area contributed by atoms with Crippen LogP contribution < -0.4 is 10.1 Å². The number of carbonyl (C=O) groups excluding carboxylic acids is 1. The quantitative estimate of drug-likeness (QED) is 0.234. The van der Waals surface area contributed by atoms with Crippen molar-refractivity contribution in [2.45, 2.75) is 25.4 Å². The first kappa shape index (κ1) is 26.6. The van der Waals surface area contributed by atoms with Crippen molar-refractivity contribution in [3.05, 3.63) is 76.3 Å². The van der Waals surface area contributed by atoms with Gasteiger partial charge in [-0.1, -0.05) is 45.4 Å². The molecule has 0 saturated carbocycles. The average molecular weight is 593 g/mol. The van der Waals surface area contributed by atoms with Crippen LogP contribution in [-0.2, 0) is 4.79 Å². The summed E-state index contributed by atoms with van der Waals surface area (Å²) in [5.41, 5.74) is 3.58. The highest BCUT2D eigenvalue weighted by atomic mass is 79.9. The maximum Gasteiger partial charge on any atom is 0.573 e. The lowest BCUT2D eigenvalue weighted by molar-refractivity contribution is -0.274. The molecule has 1 amide bonds. The van der Waals surface area contributed by atoms with Gasteiger partial charge < -0.3 is 15.2 Å². The number of halogens is 4. The van der Waals surface area contributed by atoms with E-state index < -0.39 is 12.3 Å². The summed E-state index contributed by atoms with van der Waals surface area (Å²) in [6, 6.07) is 15.7. The molecule has 0 aliphatic carbocycles. The van der Waals surface area contributed by atoms with Crippen LogP contribution in [0.2, 0.25) is 0 Å². The maximum atomic E-state index is 12.6. The van der Waals surface area contributed by atoms with Crippen molar-refractivity contribution in [2.24, 2.45) is 0 Å². The van der Waals surface area contributed by atoms with Gasteiger partial charge in [-0.05, 0) is 67.9 Å². The third-order valence-corrected chi connectivity index (χ3v) is 6.55. The van der Waals surface area contributed by atoms with E-state index in [1.54, 1.807) is 22.8 Å². The van der Waals surface area contributed by atoms with E-state index in [-0.39, 0.29) is 17.3 Å². The summed E-state index contributed by atoms with van der Waals surface area (Å²) in [7, 11) is 0. The van der Waals surface area contributed by atoms with Crippen molar-refractivity contribution >= 4 is 39.3 Å². The molecule has 0 radical (unpaired) electrons. The molecule has 0 spiro atoms. The van der Waals surface area contributed by atoms with Gasteiger partial charge in [0.15, 0.2) is 11.0 Å². The van der Waals surface area contributed by atoms with Crippen LogP contribution in [0.5, 0.6) is 11.5 Å². The van der Waals surface area contributed by atoms with Crippen LogP contribution in [0.15, 0.2) is 70.3 Å². The predicted octanol–water partition coefficient (Wildman–Crippen LogP) is 6.65. The molecule has 4 aromatic rings. The summed E-state index contributed by atoms with van der Waals surface area (Å²) in [4.78, 5) is 12.6. The summed E-state index contributed by atoms with van der Waals surface area (Å²) < 4.78 is 43.4. The Bertz CT molecular complexity index is 1440. The Kier molecular flexibility index (Phi) is 7.79. The van der Waals surface area contributed by atoms with Gasteiger partial charge in [-0.2, -0.15) is 0 Å². The van der Waals surface area contributed by atoms with Crippen LogP contribution in [0.3, 0.4) is 0 Å². The Balaban J connectivity index is 1.57. The van der Waals surface area contributed by atoms with Gasteiger partial charge in [0.25, 0.3) is 0 Å². The van der Waals surface area contributed by atoms with Crippen LogP contribution in [0.1, 0.15) is 11.1 Å². The predicted molar refractivity (Wildman–Crippen MR) is 138 cm³/mol. The molecule has 0 saturated heterocycles. The Hall–Kier alpha value is -3.51. The SMILES string of the molecule is Cc1ccc(-n2c(SCC(=O)Nc3ccc(OC(F)(F)F)cc3)nnc2-c2cc(Br)ccc2O)c(C)c1. The zero-order valence-electron chi connectivity index (χ0n) is 19.5. The summed E-state index contributed by atoms with van der Waals surface area (Å²) in [6.07, 6.45) is -4.79. The number of hydrogen-bond acceptors (Lipinski definition) is 6. The van der Waals surface area contributed by atoms with E-state index >= 15 is 0 Å². The highest BCUT2D eigenvalue weighted by Crippen LogP contribution is 2.35. The first-order valence-electron chi connectivity index (χ1n) is 10.8. The van der Waals surface area contributed by atoms with E-state index in [1.807, 2.05) is 32.0 Å². The van der Waals surface area contributed by atoms with Crippen molar-refractivity contribution in [1.82, 2.24) is 14.8 Å². The Morgan fingerprint density at radius 2 is 1.81 bits per heavy atom. The Morgan fingerprint density at radius 1 is 1.08 bits per heavy atom. The molecule has 37 heavy (non-hydrogen) atoms. The minimum absolute atomic E-state index is 0.0221. The minimum Gasteiger partial charge on any atom is -0.507 e. The van der Waals surface area contributed by atoms with Crippen molar-refractivity contribution in [1.29, 1.82) is 0 Å². The first-order chi connectivity index (χ1) is 17.5. The van der Waals surface area contributed by atoms with Gasteiger partial charge >= 0.3 is 6.36 Å². The summed E-state index contributed by atoms with van der Waals surface area (Å²) >= 11 is 4.54. The number of phenols is 1. The van der Waals surface area contributed by atoms with E-state index in [0.29, 0.717) is 22.2 Å². The number of aryl methyl sites for hydroxylation is 2. The van der Waals surface area contributed by atoms with Crippen molar-refractivity contribution < 1.29 is 27.8 Å². The van der Waals surface area contributed by atoms with Crippen molar-refractivity contribution in [2.75, 3.05) is 11.1 Å². The molecule has 2 N–H and O–H groups in total. The van der Waals surface area contributed by atoms with Gasteiger partial charge in [0.1, 0.15) is 11.5 Å². The van der Waals surface area contributed by atoms with E-state index in [4.69, 9.17) is 0 Å². The van der Waals surface area contributed by atoms with Gasteiger partial charge in [0.05, 0.1) is 17.0 Å². The summed E-state index contributed by atoms with van der Waals surface area (Å²) in [5.74, 6) is -0.405. The number of anilines is 1. The van der Waals surface area contributed by atoms with Crippen LogP contribution >= 0.6 is 27.7 Å². The third-order valence-electron chi connectivity index (χ3n) is 5.13. The highest BCUT2D eigenvalue weighted by Gasteiger charge is 2.31. The second-order valence-electron chi connectivity index (χ2n) is 8.00. The number of aromatic nitrogens is 3. The van der Waals surface area contributed by atoms with Gasteiger partial charge in [0, 0.05) is 10.2 Å². The van der Waals surface area contributed by atoms with Gasteiger partial charge in [-0.3, -0.25) is 9.36 Å². The number of hydrogen-bond donors (Lipinski definition) is 2. The number of benzene rings is 3. The second kappa shape index (κ2) is 10.9. The number of nitrogens with one attached hydrogen (secondary N) is 1. The Labute approximate surface area is 222 Å². The van der Waals surface area contributed by atoms with Crippen LogP contribution in [0.4, 0.5) is 18.9 Å². The van der Waals surface area contributed by atoms with Gasteiger partial charge in [-0.15, -0.1) is 23.4 Å². The van der Waals surface area contributed by atoms with Gasteiger partial charge in [-0.25, -0.2) is 0 Å². The molecule has 1 heterocycles. The molecule has 4 rings (SSSR count). The fourth-order valence-electron chi connectivity index (χ4n) is 3.57. The standard InChI is InChI=1S/C25H20BrF3N4O3S/c1-14-3-9-20(15(2)11-14)33-23(19-12-16(26)4-10-21(19)34)31-32-24(33)37-13-22(35)30-17-5-7-18(8-6-17)36-25(27,28)29/h3-12,34H,13H2,1-2H3,(H,30,35). The van der Waals surface area contributed by atoms with E-state index in [1.165, 1.54) is 12.1 Å². The van der Waals surface area contributed by atoms with E-state index in [9.17, 15) is 23.1 Å². The monoisotopic (exact) mass is 592 g/mol. The number of amides is 1. The average Bonchev–Trinajstić information content (AvgIpc) is 3.23. The third kappa shape index (κ3) is 6.63. The van der Waals surface area contributed by atoms with Crippen LogP contribution in [0.25, 0.3) is 17.1 Å². The maximum absolute atomic E-state index is 12.6.